The molecule has 4 heteroatoms. The van der Waals surface area contributed by atoms with Crippen LogP contribution in [0.4, 0.5) is 11.4 Å². The van der Waals surface area contributed by atoms with E-state index in [9.17, 15) is 5.11 Å². The van der Waals surface area contributed by atoms with Crippen molar-refractivity contribution in [1.29, 1.82) is 0 Å². The van der Waals surface area contributed by atoms with Gasteiger partial charge in [-0.2, -0.15) is 0 Å². The third-order valence-corrected chi connectivity index (χ3v) is 4.05. The van der Waals surface area contributed by atoms with Crippen LogP contribution < -0.4 is 15.4 Å². The fraction of sp³-hybridized carbons (Fsp3) is 0.647. The van der Waals surface area contributed by atoms with Gasteiger partial charge in [-0.05, 0) is 38.8 Å². The Kier molecular flexibility index (Phi) is 5.74. The molecule has 0 spiro atoms. The molecule has 21 heavy (non-hydrogen) atoms. The second-order valence-corrected chi connectivity index (χ2v) is 6.10. The Bertz CT molecular complexity index is 442. The number of aliphatic hydroxyl groups excluding tert-OH is 1. The Hall–Kier alpha value is -1.42. The van der Waals surface area contributed by atoms with E-state index in [4.69, 9.17) is 10.5 Å². The molecule has 0 bridgehead atoms. The summed E-state index contributed by atoms with van der Waals surface area (Å²) in [5.74, 6) is 0.737. The molecule has 0 atom stereocenters. The normalized spacial score (nSPS) is 16.2. The Labute approximate surface area is 127 Å². The third-order valence-electron chi connectivity index (χ3n) is 4.05. The van der Waals surface area contributed by atoms with Crippen LogP contribution in [0.1, 0.15) is 46.0 Å². The highest BCUT2D eigenvalue weighted by atomic mass is 16.5. The molecule has 1 aromatic rings. The highest BCUT2D eigenvalue weighted by Gasteiger charge is 2.22. The van der Waals surface area contributed by atoms with Gasteiger partial charge in [-0.1, -0.05) is 19.3 Å². The first-order chi connectivity index (χ1) is 10.1. The van der Waals surface area contributed by atoms with Gasteiger partial charge in [-0.15, -0.1) is 0 Å². The van der Waals surface area contributed by atoms with Crippen molar-refractivity contribution in [2.45, 2.75) is 58.1 Å². The molecule has 0 saturated heterocycles. The minimum atomic E-state index is 0.100. The predicted molar refractivity (Wildman–Crippen MR) is 87.9 cm³/mol. The first-order valence-electron chi connectivity index (χ1n) is 8.05. The van der Waals surface area contributed by atoms with Gasteiger partial charge < -0.3 is 20.5 Å². The Morgan fingerprint density at radius 2 is 2.00 bits per heavy atom. The van der Waals surface area contributed by atoms with Gasteiger partial charge in [0.2, 0.25) is 0 Å². The zero-order chi connectivity index (χ0) is 15.2. The van der Waals surface area contributed by atoms with E-state index in [2.05, 4.69) is 4.90 Å². The van der Waals surface area contributed by atoms with Crippen molar-refractivity contribution in [1.82, 2.24) is 0 Å². The van der Waals surface area contributed by atoms with E-state index in [-0.39, 0.29) is 12.7 Å². The Morgan fingerprint density at radius 3 is 2.62 bits per heavy atom. The van der Waals surface area contributed by atoms with Crippen LogP contribution in [-0.4, -0.2) is 30.4 Å². The summed E-state index contributed by atoms with van der Waals surface area (Å²) >= 11 is 0. The average molecular weight is 292 g/mol. The second kappa shape index (κ2) is 7.55. The fourth-order valence-corrected chi connectivity index (χ4v) is 3.08. The molecule has 1 aliphatic rings. The number of hydrogen-bond acceptors (Lipinski definition) is 4. The van der Waals surface area contributed by atoms with E-state index in [0.29, 0.717) is 18.3 Å². The van der Waals surface area contributed by atoms with E-state index >= 15 is 0 Å². The number of aliphatic hydroxyl groups is 1. The minimum Gasteiger partial charge on any atom is -0.489 e. The summed E-state index contributed by atoms with van der Waals surface area (Å²) in [5, 5.41) is 9.40. The SMILES string of the molecule is CC(C)Oc1cc(N(CCO)C2CCCCC2)ccc1N. The summed E-state index contributed by atoms with van der Waals surface area (Å²) in [4.78, 5) is 2.31. The predicted octanol–water partition coefficient (Wildman–Crippen LogP) is 3.19. The van der Waals surface area contributed by atoms with Crippen LogP contribution in [0.25, 0.3) is 0 Å². The maximum Gasteiger partial charge on any atom is 0.144 e. The minimum absolute atomic E-state index is 0.100. The van der Waals surface area contributed by atoms with Crippen LogP contribution in [0.2, 0.25) is 0 Å². The lowest BCUT2D eigenvalue weighted by atomic mass is 9.93. The molecular weight excluding hydrogens is 264 g/mol. The van der Waals surface area contributed by atoms with Gasteiger partial charge >= 0.3 is 0 Å². The van der Waals surface area contributed by atoms with Crippen LogP contribution in [0.5, 0.6) is 5.75 Å². The molecule has 0 unspecified atom stereocenters. The molecule has 0 aliphatic heterocycles. The van der Waals surface area contributed by atoms with Crippen LogP contribution in [0.15, 0.2) is 18.2 Å². The van der Waals surface area contributed by atoms with Gasteiger partial charge in [0.15, 0.2) is 0 Å². The number of nitrogens with two attached hydrogens (primary N) is 1. The molecule has 3 N–H and O–H groups in total. The molecule has 0 heterocycles. The van der Waals surface area contributed by atoms with E-state index in [0.717, 1.165) is 11.4 Å². The summed E-state index contributed by atoms with van der Waals surface area (Å²) < 4.78 is 5.79. The fourth-order valence-electron chi connectivity index (χ4n) is 3.08. The molecule has 1 aliphatic carbocycles. The highest BCUT2D eigenvalue weighted by Crippen LogP contribution is 2.32. The summed E-state index contributed by atoms with van der Waals surface area (Å²) in [7, 11) is 0. The van der Waals surface area contributed by atoms with E-state index in [1.165, 1.54) is 32.1 Å². The molecule has 0 radical (unpaired) electrons. The van der Waals surface area contributed by atoms with E-state index in [1.54, 1.807) is 0 Å². The van der Waals surface area contributed by atoms with Crippen LogP contribution >= 0.6 is 0 Å². The number of ether oxygens (including phenoxy) is 1. The van der Waals surface area contributed by atoms with E-state index < -0.39 is 0 Å². The zero-order valence-electron chi connectivity index (χ0n) is 13.2. The molecule has 4 nitrogen and oxygen atoms in total. The lowest BCUT2D eigenvalue weighted by Crippen LogP contribution is -2.38. The highest BCUT2D eigenvalue weighted by molar-refractivity contribution is 5.62. The molecule has 0 aromatic heterocycles. The topological polar surface area (TPSA) is 58.7 Å². The van der Waals surface area contributed by atoms with Crippen molar-refractivity contribution >= 4 is 11.4 Å². The largest absolute Gasteiger partial charge is 0.489 e. The average Bonchev–Trinajstić information content (AvgIpc) is 2.48. The maximum absolute atomic E-state index is 9.40. The molecule has 118 valence electrons. The smallest absolute Gasteiger partial charge is 0.144 e. The summed E-state index contributed by atoms with van der Waals surface area (Å²) in [6.45, 7) is 4.83. The Balaban J connectivity index is 2.22. The Morgan fingerprint density at radius 1 is 1.29 bits per heavy atom. The molecule has 1 aromatic carbocycles. The summed E-state index contributed by atoms with van der Waals surface area (Å²) in [6.07, 6.45) is 6.37. The standard InChI is InChI=1S/C17H28N2O2/c1-13(2)21-17-12-15(8-9-16(17)18)19(10-11-20)14-6-4-3-5-7-14/h8-9,12-14,20H,3-7,10-11,18H2,1-2H3. The number of anilines is 2. The zero-order valence-corrected chi connectivity index (χ0v) is 13.2. The van der Waals surface area contributed by atoms with Gasteiger partial charge in [0, 0.05) is 24.3 Å². The summed E-state index contributed by atoms with van der Waals surface area (Å²) in [5.41, 5.74) is 7.76. The quantitative estimate of drug-likeness (QED) is 0.791. The van der Waals surface area contributed by atoms with Crippen molar-refractivity contribution in [3.8, 4) is 5.75 Å². The molecule has 1 fully saturated rings. The second-order valence-electron chi connectivity index (χ2n) is 6.10. The molecule has 1 saturated carbocycles. The lowest BCUT2D eigenvalue weighted by molar-refractivity contribution is 0.243. The van der Waals surface area contributed by atoms with Gasteiger partial charge in [0.1, 0.15) is 5.75 Å². The van der Waals surface area contributed by atoms with Crippen molar-refractivity contribution in [3.63, 3.8) is 0 Å². The van der Waals surface area contributed by atoms with Gasteiger partial charge in [-0.3, -0.25) is 0 Å². The van der Waals surface area contributed by atoms with Crippen molar-refractivity contribution in [3.05, 3.63) is 18.2 Å². The van der Waals surface area contributed by atoms with Crippen molar-refractivity contribution in [2.24, 2.45) is 0 Å². The number of nitrogens with zero attached hydrogens (tertiary/aromatic N) is 1. The molecular formula is C17H28N2O2. The van der Waals surface area contributed by atoms with E-state index in [1.807, 2.05) is 32.0 Å². The number of nitrogen functional groups attached to an aromatic ring is 1. The summed E-state index contributed by atoms with van der Waals surface area (Å²) in [6, 6.07) is 6.47. The number of rotatable bonds is 6. The van der Waals surface area contributed by atoms with Crippen LogP contribution in [0.3, 0.4) is 0 Å². The first-order valence-corrected chi connectivity index (χ1v) is 8.05. The number of benzene rings is 1. The van der Waals surface area contributed by atoms with Crippen LogP contribution in [0, 0.1) is 0 Å². The van der Waals surface area contributed by atoms with Crippen LogP contribution in [-0.2, 0) is 0 Å². The monoisotopic (exact) mass is 292 g/mol. The van der Waals surface area contributed by atoms with Gasteiger partial charge in [-0.25, -0.2) is 0 Å². The van der Waals surface area contributed by atoms with Gasteiger partial charge in [0.05, 0.1) is 18.4 Å². The molecule has 2 rings (SSSR count). The van der Waals surface area contributed by atoms with Crippen molar-refractivity contribution in [2.75, 3.05) is 23.8 Å². The maximum atomic E-state index is 9.40. The lowest BCUT2D eigenvalue weighted by Gasteiger charge is -2.36. The van der Waals surface area contributed by atoms with Gasteiger partial charge in [0.25, 0.3) is 0 Å². The van der Waals surface area contributed by atoms with Crippen molar-refractivity contribution < 1.29 is 9.84 Å². The molecule has 0 amide bonds. The first kappa shape index (κ1) is 16.0. The number of hydrogen-bond donors (Lipinski definition) is 2. The third kappa shape index (κ3) is 4.27.